The van der Waals surface area contributed by atoms with Crippen LogP contribution in [-0.2, 0) is 4.74 Å². The average molecular weight is 375 g/mol. The van der Waals surface area contributed by atoms with E-state index in [1.165, 1.54) is 30.2 Å². The number of amides is 2. The number of hydrogen-bond donors (Lipinski definition) is 1. The first-order valence-corrected chi connectivity index (χ1v) is 8.43. The lowest BCUT2D eigenvalue weighted by Gasteiger charge is -2.36. The smallest absolute Gasteiger partial charge is 0.339 e. The highest BCUT2D eigenvalue weighted by atomic mass is 19.1. The minimum Gasteiger partial charge on any atom is -0.465 e. The summed E-state index contributed by atoms with van der Waals surface area (Å²) >= 11 is 0. The number of esters is 1. The van der Waals surface area contributed by atoms with Crippen molar-refractivity contribution in [2.75, 3.05) is 43.5 Å². The molecule has 1 aliphatic rings. The van der Waals surface area contributed by atoms with Crippen LogP contribution in [0.5, 0.6) is 0 Å². The summed E-state index contributed by atoms with van der Waals surface area (Å²) in [7, 11) is 1.27. The Hall–Kier alpha value is -3.16. The molecule has 8 heteroatoms. The second-order valence-corrected chi connectivity index (χ2v) is 6.01. The van der Waals surface area contributed by atoms with E-state index in [1.807, 2.05) is 0 Å². The summed E-state index contributed by atoms with van der Waals surface area (Å²) in [6, 6.07) is 9.87. The van der Waals surface area contributed by atoms with Gasteiger partial charge in [0.05, 0.1) is 18.4 Å². The number of nitrogens with one attached hydrogen (secondary N) is 1. The van der Waals surface area contributed by atoms with Gasteiger partial charge in [0.2, 0.25) is 0 Å². The molecule has 0 saturated carbocycles. The fourth-order valence-corrected chi connectivity index (χ4v) is 3.00. The van der Waals surface area contributed by atoms with Crippen LogP contribution in [0.25, 0.3) is 0 Å². The summed E-state index contributed by atoms with van der Waals surface area (Å²) in [5.74, 6) is -1.80. The minimum absolute atomic E-state index is 0.0754. The van der Waals surface area contributed by atoms with Crippen molar-refractivity contribution < 1.29 is 23.1 Å². The van der Waals surface area contributed by atoms with E-state index in [1.54, 1.807) is 29.2 Å². The zero-order valence-electron chi connectivity index (χ0n) is 14.7. The molecule has 27 heavy (non-hydrogen) atoms. The third-order valence-electron chi connectivity index (χ3n) is 4.39. The van der Waals surface area contributed by atoms with Gasteiger partial charge in [-0.25, -0.2) is 18.4 Å². The number of piperazine rings is 1. The van der Waals surface area contributed by atoms with Crippen molar-refractivity contribution in [3.8, 4) is 0 Å². The van der Waals surface area contributed by atoms with Crippen LogP contribution in [0.3, 0.4) is 0 Å². The van der Waals surface area contributed by atoms with Crippen molar-refractivity contribution in [3.63, 3.8) is 0 Å². The Kier molecular flexibility index (Phi) is 5.54. The third kappa shape index (κ3) is 3.99. The molecule has 0 unspecified atom stereocenters. The van der Waals surface area contributed by atoms with E-state index in [4.69, 9.17) is 4.74 Å². The standard InChI is InChI=1S/C19H19F2N3O3/c1-27-18(25)13-5-2-3-8-16(13)22-19(26)24-11-9-23(10-12-24)17-14(20)6-4-7-15(17)21/h2-8H,9-12H2,1H3,(H,22,26). The number of methoxy groups -OCH3 is 1. The molecule has 0 aliphatic carbocycles. The summed E-state index contributed by atoms with van der Waals surface area (Å²) in [5, 5.41) is 2.69. The molecule has 0 aromatic heterocycles. The highest BCUT2D eigenvalue weighted by molar-refractivity contribution is 6.00. The maximum absolute atomic E-state index is 13.9. The number of para-hydroxylation sites is 2. The van der Waals surface area contributed by atoms with Crippen molar-refractivity contribution in [2.45, 2.75) is 0 Å². The summed E-state index contributed by atoms with van der Waals surface area (Å²) in [5.41, 5.74) is 0.519. The Morgan fingerprint density at radius 3 is 2.22 bits per heavy atom. The van der Waals surface area contributed by atoms with Crippen LogP contribution >= 0.6 is 0 Å². The lowest BCUT2D eigenvalue weighted by atomic mass is 10.2. The first kappa shape index (κ1) is 18.6. The summed E-state index contributed by atoms with van der Waals surface area (Å²) in [6.07, 6.45) is 0. The van der Waals surface area contributed by atoms with Gasteiger partial charge in [-0.2, -0.15) is 0 Å². The second kappa shape index (κ2) is 8.03. The number of benzene rings is 2. The van der Waals surface area contributed by atoms with Gasteiger partial charge in [0.15, 0.2) is 0 Å². The number of hydrogen-bond acceptors (Lipinski definition) is 4. The van der Waals surface area contributed by atoms with Crippen molar-refractivity contribution in [1.82, 2.24) is 4.90 Å². The molecule has 0 atom stereocenters. The SMILES string of the molecule is COC(=O)c1ccccc1NC(=O)N1CCN(c2c(F)cccc2F)CC1. The monoisotopic (exact) mass is 375 g/mol. The number of rotatable bonds is 3. The van der Waals surface area contributed by atoms with Gasteiger partial charge in [0.25, 0.3) is 0 Å². The second-order valence-electron chi connectivity index (χ2n) is 6.01. The van der Waals surface area contributed by atoms with Gasteiger partial charge in [-0.3, -0.25) is 0 Å². The average Bonchev–Trinajstić information content (AvgIpc) is 2.68. The fraction of sp³-hybridized carbons (Fsp3) is 0.263. The summed E-state index contributed by atoms with van der Waals surface area (Å²) in [6.45, 7) is 1.17. The first-order valence-electron chi connectivity index (χ1n) is 8.43. The molecule has 1 fully saturated rings. The van der Waals surface area contributed by atoms with Crippen LogP contribution < -0.4 is 10.2 Å². The van der Waals surface area contributed by atoms with E-state index in [0.717, 1.165) is 0 Å². The van der Waals surface area contributed by atoms with Crippen molar-refractivity contribution in [1.29, 1.82) is 0 Å². The molecule has 2 aromatic rings. The zero-order chi connectivity index (χ0) is 19.4. The zero-order valence-corrected chi connectivity index (χ0v) is 14.7. The maximum atomic E-state index is 13.9. The van der Waals surface area contributed by atoms with Gasteiger partial charge in [0.1, 0.15) is 17.3 Å². The van der Waals surface area contributed by atoms with Gasteiger partial charge < -0.3 is 19.9 Å². The molecule has 1 N–H and O–H groups in total. The first-order chi connectivity index (χ1) is 13.0. The minimum atomic E-state index is -0.625. The van der Waals surface area contributed by atoms with Crippen LogP contribution in [0.15, 0.2) is 42.5 Å². The van der Waals surface area contributed by atoms with Gasteiger partial charge in [-0.1, -0.05) is 18.2 Å². The molecular formula is C19H19F2N3O3. The topological polar surface area (TPSA) is 61.9 Å². The Morgan fingerprint density at radius 2 is 1.59 bits per heavy atom. The van der Waals surface area contributed by atoms with Crippen LogP contribution in [0.4, 0.5) is 25.0 Å². The normalized spacial score (nSPS) is 14.0. The molecule has 0 spiro atoms. The number of carbonyl (C=O) groups excluding carboxylic acids is 2. The Morgan fingerprint density at radius 1 is 0.963 bits per heavy atom. The predicted octanol–water partition coefficient (Wildman–Crippen LogP) is 3.11. The molecule has 0 radical (unpaired) electrons. The number of halogens is 2. The van der Waals surface area contributed by atoms with E-state index >= 15 is 0 Å². The van der Waals surface area contributed by atoms with E-state index < -0.39 is 17.6 Å². The molecule has 2 aromatic carbocycles. The number of nitrogens with zero attached hydrogens (tertiary/aromatic N) is 2. The highest BCUT2D eigenvalue weighted by Crippen LogP contribution is 2.24. The molecule has 1 saturated heterocycles. The Labute approximate surface area is 155 Å². The molecular weight excluding hydrogens is 356 g/mol. The van der Waals surface area contributed by atoms with Crippen molar-refractivity contribution in [2.24, 2.45) is 0 Å². The van der Waals surface area contributed by atoms with Gasteiger partial charge in [-0.15, -0.1) is 0 Å². The molecule has 1 aliphatic heterocycles. The lowest BCUT2D eigenvalue weighted by Crippen LogP contribution is -2.50. The highest BCUT2D eigenvalue weighted by Gasteiger charge is 2.25. The van der Waals surface area contributed by atoms with E-state index in [0.29, 0.717) is 31.9 Å². The van der Waals surface area contributed by atoms with E-state index in [2.05, 4.69) is 5.32 Å². The molecule has 142 valence electrons. The van der Waals surface area contributed by atoms with Crippen molar-refractivity contribution in [3.05, 3.63) is 59.7 Å². The predicted molar refractivity (Wildman–Crippen MR) is 96.9 cm³/mol. The quantitative estimate of drug-likeness (QED) is 0.838. The van der Waals surface area contributed by atoms with Crippen LogP contribution in [0, 0.1) is 11.6 Å². The van der Waals surface area contributed by atoms with Gasteiger partial charge in [0, 0.05) is 26.2 Å². The molecule has 0 bridgehead atoms. The third-order valence-corrected chi connectivity index (χ3v) is 4.39. The van der Waals surface area contributed by atoms with Crippen LogP contribution in [0.1, 0.15) is 10.4 Å². The molecule has 2 amide bonds. The largest absolute Gasteiger partial charge is 0.465 e. The Balaban J connectivity index is 1.65. The number of anilines is 2. The van der Waals surface area contributed by atoms with E-state index in [9.17, 15) is 18.4 Å². The van der Waals surface area contributed by atoms with Gasteiger partial charge in [-0.05, 0) is 24.3 Å². The van der Waals surface area contributed by atoms with Crippen molar-refractivity contribution >= 4 is 23.4 Å². The van der Waals surface area contributed by atoms with E-state index in [-0.39, 0.29) is 17.3 Å². The summed E-state index contributed by atoms with van der Waals surface area (Å²) in [4.78, 5) is 27.4. The van der Waals surface area contributed by atoms with Crippen LogP contribution in [0.2, 0.25) is 0 Å². The maximum Gasteiger partial charge on any atom is 0.339 e. The Bertz CT molecular complexity index is 832. The number of urea groups is 1. The summed E-state index contributed by atoms with van der Waals surface area (Å²) < 4.78 is 32.5. The molecule has 1 heterocycles. The van der Waals surface area contributed by atoms with Crippen LogP contribution in [-0.4, -0.2) is 50.2 Å². The van der Waals surface area contributed by atoms with Gasteiger partial charge >= 0.3 is 12.0 Å². The lowest BCUT2D eigenvalue weighted by molar-refractivity contribution is 0.0602. The molecule has 3 rings (SSSR count). The molecule has 6 nitrogen and oxygen atoms in total. The number of ether oxygens (including phenoxy) is 1. The number of carbonyl (C=O) groups is 2. The fourth-order valence-electron chi connectivity index (χ4n) is 3.00.